The summed E-state index contributed by atoms with van der Waals surface area (Å²) in [5.41, 5.74) is 3.18. The third-order valence-electron chi connectivity index (χ3n) is 3.26. The number of halogens is 1. The summed E-state index contributed by atoms with van der Waals surface area (Å²) in [5, 5.41) is 3.98. The fourth-order valence-electron chi connectivity index (χ4n) is 2.03. The molecule has 112 valence electrons. The van der Waals surface area contributed by atoms with E-state index in [0.29, 0.717) is 17.5 Å². The molecular formula is C17H15FN2OS. The molecule has 3 nitrogen and oxygen atoms in total. The SMILES string of the molecule is Cc1ccc(C)c(SCc2noc(-c3ccc(F)cc3)n2)c1. The Bertz CT molecular complexity index is 784. The number of aromatic nitrogens is 2. The molecule has 0 amide bonds. The van der Waals surface area contributed by atoms with Gasteiger partial charge in [0.25, 0.3) is 5.89 Å². The number of hydrogen-bond donors (Lipinski definition) is 0. The first-order valence-corrected chi connectivity index (χ1v) is 7.89. The van der Waals surface area contributed by atoms with E-state index < -0.39 is 0 Å². The van der Waals surface area contributed by atoms with Gasteiger partial charge in [0.15, 0.2) is 5.82 Å². The number of benzene rings is 2. The summed E-state index contributed by atoms with van der Waals surface area (Å²) in [6.07, 6.45) is 0. The largest absolute Gasteiger partial charge is 0.334 e. The van der Waals surface area contributed by atoms with Crippen LogP contribution in [0.2, 0.25) is 0 Å². The number of aryl methyl sites for hydroxylation is 2. The Morgan fingerprint density at radius 3 is 2.64 bits per heavy atom. The van der Waals surface area contributed by atoms with Crippen LogP contribution in [-0.4, -0.2) is 10.1 Å². The molecule has 0 saturated heterocycles. The van der Waals surface area contributed by atoms with E-state index in [-0.39, 0.29) is 5.82 Å². The smallest absolute Gasteiger partial charge is 0.257 e. The van der Waals surface area contributed by atoms with E-state index in [9.17, 15) is 4.39 Å². The topological polar surface area (TPSA) is 38.9 Å². The van der Waals surface area contributed by atoms with E-state index >= 15 is 0 Å². The summed E-state index contributed by atoms with van der Waals surface area (Å²) in [5.74, 6) is 1.39. The molecule has 0 aliphatic carbocycles. The Morgan fingerprint density at radius 2 is 1.86 bits per heavy atom. The van der Waals surface area contributed by atoms with Gasteiger partial charge in [-0.2, -0.15) is 4.98 Å². The molecule has 3 rings (SSSR count). The standard InChI is InChI=1S/C17H15FN2OS/c1-11-3-4-12(2)15(9-11)22-10-16-19-17(21-20-16)13-5-7-14(18)8-6-13/h3-9H,10H2,1-2H3. The van der Waals surface area contributed by atoms with Crippen molar-refractivity contribution < 1.29 is 8.91 Å². The molecule has 1 aromatic heterocycles. The van der Waals surface area contributed by atoms with E-state index in [4.69, 9.17) is 4.52 Å². The average Bonchev–Trinajstić information content (AvgIpc) is 2.98. The lowest BCUT2D eigenvalue weighted by molar-refractivity contribution is 0.425. The van der Waals surface area contributed by atoms with Gasteiger partial charge in [-0.05, 0) is 49.7 Å². The van der Waals surface area contributed by atoms with E-state index in [1.807, 2.05) is 0 Å². The van der Waals surface area contributed by atoms with Crippen LogP contribution < -0.4 is 0 Å². The number of thioether (sulfide) groups is 1. The summed E-state index contributed by atoms with van der Waals surface area (Å²) < 4.78 is 18.2. The third kappa shape index (κ3) is 3.36. The van der Waals surface area contributed by atoms with Gasteiger partial charge in [0.2, 0.25) is 0 Å². The van der Waals surface area contributed by atoms with Crippen LogP contribution in [0.3, 0.4) is 0 Å². The van der Waals surface area contributed by atoms with Crippen LogP contribution in [-0.2, 0) is 5.75 Å². The van der Waals surface area contributed by atoms with Crippen molar-refractivity contribution in [1.29, 1.82) is 0 Å². The Balaban J connectivity index is 1.72. The van der Waals surface area contributed by atoms with Gasteiger partial charge in [-0.3, -0.25) is 0 Å². The number of rotatable bonds is 4. The van der Waals surface area contributed by atoms with E-state index in [2.05, 4.69) is 42.2 Å². The average molecular weight is 314 g/mol. The fourth-order valence-corrected chi connectivity index (χ4v) is 2.99. The quantitative estimate of drug-likeness (QED) is 0.649. The first kappa shape index (κ1) is 14.8. The Morgan fingerprint density at radius 1 is 1.09 bits per heavy atom. The van der Waals surface area contributed by atoms with Crippen molar-refractivity contribution in [2.75, 3.05) is 0 Å². The Hall–Kier alpha value is -2.14. The third-order valence-corrected chi connectivity index (χ3v) is 4.41. The second-order valence-corrected chi connectivity index (χ2v) is 6.10. The molecule has 5 heteroatoms. The second-order valence-electron chi connectivity index (χ2n) is 5.08. The lowest BCUT2D eigenvalue weighted by Gasteiger charge is -2.04. The highest BCUT2D eigenvalue weighted by Gasteiger charge is 2.10. The Labute approximate surface area is 132 Å². The highest BCUT2D eigenvalue weighted by Crippen LogP contribution is 2.27. The predicted octanol–water partition coefficient (Wildman–Crippen LogP) is 4.78. The van der Waals surface area contributed by atoms with Crippen molar-refractivity contribution in [1.82, 2.24) is 10.1 Å². The molecule has 0 bridgehead atoms. The first-order valence-electron chi connectivity index (χ1n) is 6.90. The minimum Gasteiger partial charge on any atom is -0.334 e. The van der Waals surface area contributed by atoms with Crippen LogP contribution in [0.4, 0.5) is 4.39 Å². The molecule has 22 heavy (non-hydrogen) atoms. The van der Waals surface area contributed by atoms with Crippen LogP contribution in [0.1, 0.15) is 17.0 Å². The monoisotopic (exact) mass is 314 g/mol. The predicted molar refractivity (Wildman–Crippen MR) is 85.2 cm³/mol. The molecule has 1 heterocycles. The maximum atomic E-state index is 12.9. The lowest BCUT2D eigenvalue weighted by Crippen LogP contribution is -1.87. The summed E-state index contributed by atoms with van der Waals surface area (Å²) in [7, 11) is 0. The zero-order valence-corrected chi connectivity index (χ0v) is 13.2. The number of nitrogens with zero attached hydrogens (tertiary/aromatic N) is 2. The maximum absolute atomic E-state index is 12.9. The Kier molecular flexibility index (Phi) is 4.24. The summed E-state index contributed by atoms with van der Waals surface area (Å²) in [6, 6.07) is 12.4. The van der Waals surface area contributed by atoms with E-state index in [0.717, 1.165) is 5.56 Å². The molecule has 2 aromatic carbocycles. The molecule has 0 aliphatic rings. The molecule has 0 N–H and O–H groups in total. The molecule has 0 aliphatic heterocycles. The number of hydrogen-bond acceptors (Lipinski definition) is 4. The van der Waals surface area contributed by atoms with Gasteiger partial charge in [0.05, 0.1) is 5.75 Å². The van der Waals surface area contributed by atoms with Crippen LogP contribution in [0, 0.1) is 19.7 Å². The van der Waals surface area contributed by atoms with Gasteiger partial charge in [-0.1, -0.05) is 22.9 Å². The molecule has 0 unspecified atom stereocenters. The lowest BCUT2D eigenvalue weighted by atomic mass is 10.2. The van der Waals surface area contributed by atoms with Crippen molar-refractivity contribution in [3.63, 3.8) is 0 Å². The molecular weight excluding hydrogens is 299 g/mol. The first-order chi connectivity index (χ1) is 10.6. The van der Waals surface area contributed by atoms with Crippen LogP contribution in [0.25, 0.3) is 11.5 Å². The maximum Gasteiger partial charge on any atom is 0.257 e. The van der Waals surface area contributed by atoms with Crippen molar-refractivity contribution in [3.05, 3.63) is 65.2 Å². The van der Waals surface area contributed by atoms with E-state index in [1.54, 1.807) is 23.9 Å². The second kappa shape index (κ2) is 6.32. The van der Waals surface area contributed by atoms with Gasteiger partial charge in [0, 0.05) is 10.5 Å². The van der Waals surface area contributed by atoms with Crippen LogP contribution >= 0.6 is 11.8 Å². The van der Waals surface area contributed by atoms with E-state index in [1.165, 1.54) is 28.2 Å². The molecule has 0 fully saturated rings. The molecule has 0 radical (unpaired) electrons. The molecule has 0 saturated carbocycles. The van der Waals surface area contributed by atoms with Gasteiger partial charge in [-0.15, -0.1) is 11.8 Å². The van der Waals surface area contributed by atoms with Gasteiger partial charge >= 0.3 is 0 Å². The van der Waals surface area contributed by atoms with Crippen LogP contribution in [0.15, 0.2) is 51.9 Å². The fraction of sp³-hybridized carbons (Fsp3) is 0.176. The van der Waals surface area contributed by atoms with Crippen molar-refractivity contribution >= 4 is 11.8 Å². The summed E-state index contributed by atoms with van der Waals surface area (Å²) in [6.45, 7) is 4.16. The minimum atomic E-state index is -0.283. The zero-order valence-electron chi connectivity index (χ0n) is 12.3. The van der Waals surface area contributed by atoms with Gasteiger partial charge in [-0.25, -0.2) is 4.39 Å². The zero-order chi connectivity index (χ0) is 15.5. The van der Waals surface area contributed by atoms with Crippen molar-refractivity contribution in [3.8, 4) is 11.5 Å². The minimum absolute atomic E-state index is 0.283. The molecule has 0 atom stereocenters. The molecule has 3 aromatic rings. The molecule has 0 spiro atoms. The van der Waals surface area contributed by atoms with Crippen molar-refractivity contribution in [2.45, 2.75) is 24.5 Å². The normalized spacial score (nSPS) is 10.9. The summed E-state index contributed by atoms with van der Waals surface area (Å²) >= 11 is 1.68. The highest BCUT2D eigenvalue weighted by atomic mass is 32.2. The highest BCUT2D eigenvalue weighted by molar-refractivity contribution is 7.98. The van der Waals surface area contributed by atoms with Crippen molar-refractivity contribution in [2.24, 2.45) is 0 Å². The summed E-state index contributed by atoms with van der Waals surface area (Å²) in [4.78, 5) is 5.57. The van der Waals surface area contributed by atoms with Crippen LogP contribution in [0.5, 0.6) is 0 Å². The van der Waals surface area contributed by atoms with Gasteiger partial charge < -0.3 is 4.52 Å². The van der Waals surface area contributed by atoms with Gasteiger partial charge in [0.1, 0.15) is 5.82 Å².